The highest BCUT2D eigenvalue weighted by atomic mass is 19.2. The first-order valence-electron chi connectivity index (χ1n) is 9.04. The Morgan fingerprint density at radius 2 is 1.96 bits per heavy atom. The molecule has 5 nitrogen and oxygen atoms in total. The van der Waals surface area contributed by atoms with E-state index in [0.29, 0.717) is 18.0 Å². The number of fused-ring (bicyclic) bond motifs is 2. The van der Waals surface area contributed by atoms with Crippen molar-refractivity contribution >= 4 is 5.91 Å². The standard InChI is InChI=1S/C19H19F2N3O2/c20-14-3-1-2-12(16(14)21)13-10-24(19(25)15-6-9-26-22-15)17-11-4-7-23(8-5-11)18(13)17/h1-3,6,9,11,13,17-18H,4-5,7-8,10H2/t13-,17+,18+/m0/s1. The quantitative estimate of drug-likeness (QED) is 0.827. The van der Waals surface area contributed by atoms with E-state index in [1.807, 2.05) is 4.90 Å². The van der Waals surface area contributed by atoms with Gasteiger partial charge in [-0.05, 0) is 43.5 Å². The van der Waals surface area contributed by atoms with Crippen molar-refractivity contribution in [2.75, 3.05) is 19.6 Å². The molecule has 7 heteroatoms. The van der Waals surface area contributed by atoms with Gasteiger partial charge in [-0.15, -0.1) is 0 Å². The molecule has 5 heterocycles. The lowest BCUT2D eigenvalue weighted by molar-refractivity contribution is -0.00387. The number of hydrogen-bond donors (Lipinski definition) is 0. The third-order valence-electron chi connectivity index (χ3n) is 6.29. The van der Waals surface area contributed by atoms with E-state index in [1.165, 1.54) is 6.26 Å². The van der Waals surface area contributed by atoms with Gasteiger partial charge in [0.25, 0.3) is 5.91 Å². The Bertz CT molecular complexity index is 833. The third kappa shape index (κ3) is 2.23. The molecule has 0 radical (unpaired) electrons. The van der Waals surface area contributed by atoms with Crippen LogP contribution in [0.1, 0.15) is 34.8 Å². The SMILES string of the molecule is O=C(c1ccon1)N1C[C@@H](c2cccc(F)c2F)[C@@H]2[C@H]1C1CCN2CC1. The number of halogens is 2. The second kappa shape index (κ2) is 5.87. The fraction of sp³-hybridized carbons (Fsp3) is 0.474. The van der Waals surface area contributed by atoms with Gasteiger partial charge in [0.15, 0.2) is 17.3 Å². The van der Waals surface area contributed by atoms with Gasteiger partial charge < -0.3 is 9.42 Å². The first-order valence-corrected chi connectivity index (χ1v) is 9.04. The van der Waals surface area contributed by atoms with Gasteiger partial charge in [0.05, 0.1) is 6.04 Å². The highest BCUT2D eigenvalue weighted by molar-refractivity contribution is 5.92. The Labute approximate surface area is 149 Å². The molecule has 1 amide bonds. The molecule has 4 aliphatic rings. The monoisotopic (exact) mass is 359 g/mol. The van der Waals surface area contributed by atoms with Crippen molar-refractivity contribution < 1.29 is 18.1 Å². The molecule has 1 aromatic heterocycles. The smallest absolute Gasteiger partial charge is 0.276 e. The summed E-state index contributed by atoms with van der Waals surface area (Å²) in [7, 11) is 0. The van der Waals surface area contributed by atoms with Crippen LogP contribution < -0.4 is 0 Å². The zero-order valence-corrected chi connectivity index (χ0v) is 14.1. The molecule has 4 saturated heterocycles. The summed E-state index contributed by atoms with van der Waals surface area (Å²) in [4.78, 5) is 17.1. The zero-order valence-electron chi connectivity index (χ0n) is 14.1. The predicted molar refractivity (Wildman–Crippen MR) is 88.5 cm³/mol. The Hall–Kier alpha value is -2.28. The van der Waals surface area contributed by atoms with Crippen molar-refractivity contribution in [2.45, 2.75) is 30.8 Å². The van der Waals surface area contributed by atoms with Crippen molar-refractivity contribution in [1.29, 1.82) is 0 Å². The maximum atomic E-state index is 14.5. The molecule has 0 N–H and O–H groups in total. The highest BCUT2D eigenvalue weighted by Crippen LogP contribution is 2.47. The Balaban J connectivity index is 1.57. The van der Waals surface area contributed by atoms with Crippen molar-refractivity contribution in [1.82, 2.24) is 15.0 Å². The van der Waals surface area contributed by atoms with Gasteiger partial charge in [-0.3, -0.25) is 9.69 Å². The van der Waals surface area contributed by atoms with E-state index in [2.05, 4.69) is 10.1 Å². The van der Waals surface area contributed by atoms with Gasteiger partial charge >= 0.3 is 0 Å². The maximum absolute atomic E-state index is 14.5. The first-order chi connectivity index (χ1) is 12.6. The van der Waals surface area contributed by atoms with Crippen molar-refractivity contribution in [2.24, 2.45) is 5.92 Å². The summed E-state index contributed by atoms with van der Waals surface area (Å²) < 4.78 is 33.2. The summed E-state index contributed by atoms with van der Waals surface area (Å²) in [5.41, 5.74) is 0.628. The van der Waals surface area contributed by atoms with Crippen LogP contribution in [-0.2, 0) is 0 Å². The lowest BCUT2D eigenvalue weighted by Gasteiger charge is -2.51. The molecule has 0 spiro atoms. The molecule has 26 heavy (non-hydrogen) atoms. The van der Waals surface area contributed by atoms with Crippen LogP contribution >= 0.6 is 0 Å². The van der Waals surface area contributed by atoms with Crippen LogP contribution in [0.3, 0.4) is 0 Å². The second-order valence-corrected chi connectivity index (χ2v) is 7.45. The minimum atomic E-state index is -0.837. The Morgan fingerprint density at radius 3 is 2.69 bits per heavy atom. The summed E-state index contributed by atoms with van der Waals surface area (Å²) in [6, 6.07) is 5.91. The summed E-state index contributed by atoms with van der Waals surface area (Å²) in [6.07, 6.45) is 3.44. The summed E-state index contributed by atoms with van der Waals surface area (Å²) in [5.74, 6) is -1.68. The van der Waals surface area contributed by atoms with E-state index in [-0.39, 0.29) is 29.6 Å². The molecule has 1 aromatic carbocycles. The zero-order chi connectivity index (χ0) is 17.8. The summed E-state index contributed by atoms with van der Waals surface area (Å²) in [6.45, 7) is 2.27. The van der Waals surface area contributed by atoms with Crippen LogP contribution in [0, 0.1) is 17.6 Å². The predicted octanol–water partition coefficient (Wildman–Crippen LogP) is 2.66. The van der Waals surface area contributed by atoms with Crippen molar-refractivity contribution in [3.05, 3.63) is 53.4 Å². The summed E-state index contributed by atoms with van der Waals surface area (Å²) >= 11 is 0. The van der Waals surface area contributed by atoms with E-state index < -0.39 is 11.6 Å². The molecule has 0 aliphatic carbocycles. The van der Waals surface area contributed by atoms with Gasteiger partial charge in [-0.2, -0.15) is 0 Å². The molecule has 0 unspecified atom stereocenters. The molecule has 3 atom stereocenters. The fourth-order valence-electron chi connectivity index (χ4n) is 5.20. The fourth-order valence-corrected chi connectivity index (χ4v) is 5.20. The molecule has 6 rings (SSSR count). The molecule has 2 bridgehead atoms. The van der Waals surface area contributed by atoms with Crippen molar-refractivity contribution in [3.8, 4) is 0 Å². The number of hydrogen-bond acceptors (Lipinski definition) is 4. The van der Waals surface area contributed by atoms with Crippen LogP contribution in [0.4, 0.5) is 8.78 Å². The average Bonchev–Trinajstić information content (AvgIpc) is 3.33. The van der Waals surface area contributed by atoms with Crippen LogP contribution in [-0.4, -0.2) is 52.6 Å². The molecule has 2 aromatic rings. The number of carbonyl (C=O) groups excluding carboxylic acids is 1. The molecule has 4 fully saturated rings. The number of amides is 1. The summed E-state index contributed by atoms with van der Waals surface area (Å²) in [5, 5.41) is 3.78. The van der Waals surface area contributed by atoms with Crippen LogP contribution in [0.2, 0.25) is 0 Å². The Morgan fingerprint density at radius 1 is 1.15 bits per heavy atom. The van der Waals surface area contributed by atoms with E-state index >= 15 is 0 Å². The minimum absolute atomic E-state index is 0.00867. The molecular weight excluding hydrogens is 340 g/mol. The number of carbonyl (C=O) groups is 1. The van der Waals surface area contributed by atoms with Gasteiger partial charge in [0.1, 0.15) is 6.26 Å². The number of benzene rings is 1. The van der Waals surface area contributed by atoms with E-state index in [0.717, 1.165) is 32.0 Å². The number of aromatic nitrogens is 1. The topological polar surface area (TPSA) is 49.6 Å². The number of nitrogens with zero attached hydrogens (tertiary/aromatic N) is 3. The highest BCUT2D eigenvalue weighted by Gasteiger charge is 2.55. The maximum Gasteiger partial charge on any atom is 0.276 e. The second-order valence-electron chi connectivity index (χ2n) is 7.45. The molecule has 0 saturated carbocycles. The first kappa shape index (κ1) is 15.9. The van der Waals surface area contributed by atoms with Crippen LogP contribution in [0.25, 0.3) is 0 Å². The average molecular weight is 359 g/mol. The van der Waals surface area contributed by atoms with Gasteiger partial charge in [-0.25, -0.2) is 8.78 Å². The van der Waals surface area contributed by atoms with Crippen LogP contribution in [0.15, 0.2) is 35.1 Å². The molecular formula is C19H19F2N3O2. The third-order valence-corrected chi connectivity index (χ3v) is 6.29. The Kier molecular flexibility index (Phi) is 3.60. The number of likely N-dealkylation sites (tertiary alicyclic amines) is 1. The van der Waals surface area contributed by atoms with Gasteiger partial charge in [-0.1, -0.05) is 17.3 Å². The number of piperidine rings is 3. The van der Waals surface area contributed by atoms with E-state index in [1.54, 1.807) is 18.2 Å². The normalized spacial score (nSPS) is 32.7. The lowest BCUT2D eigenvalue weighted by Crippen LogP contribution is -2.60. The minimum Gasteiger partial charge on any atom is -0.364 e. The van der Waals surface area contributed by atoms with Crippen LogP contribution in [0.5, 0.6) is 0 Å². The van der Waals surface area contributed by atoms with E-state index in [9.17, 15) is 13.6 Å². The number of rotatable bonds is 2. The van der Waals surface area contributed by atoms with Gasteiger partial charge in [0.2, 0.25) is 0 Å². The largest absolute Gasteiger partial charge is 0.364 e. The van der Waals surface area contributed by atoms with Crippen molar-refractivity contribution in [3.63, 3.8) is 0 Å². The molecule has 4 aliphatic heterocycles. The lowest BCUT2D eigenvalue weighted by atomic mass is 9.75. The molecule has 136 valence electrons. The van der Waals surface area contributed by atoms with E-state index in [4.69, 9.17) is 4.52 Å². The van der Waals surface area contributed by atoms with Gasteiger partial charge in [0, 0.05) is 24.6 Å².